The summed E-state index contributed by atoms with van der Waals surface area (Å²) in [6.07, 6.45) is 2.84. The molecule has 0 unspecified atom stereocenters. The Balaban J connectivity index is 1.30. The van der Waals surface area contributed by atoms with Crippen LogP contribution in [-0.4, -0.2) is 22.4 Å². The van der Waals surface area contributed by atoms with Crippen LogP contribution in [0, 0.1) is 13.8 Å². The van der Waals surface area contributed by atoms with Gasteiger partial charge < -0.3 is 9.30 Å². The maximum Gasteiger partial charge on any atom is 0.204 e. The first-order chi connectivity index (χ1) is 17.5. The highest BCUT2D eigenvalue weighted by Crippen LogP contribution is 2.29. The standard InChI is InChI=1S/C30H32N4OS/c1-20(2)23-15-14-21(3)18-28(23)35-17-9-16-34-22(4)25(24-10-5-7-12-27(24)34)19-31-33-30-32-26-11-6-8-13-29(26)36-30/h5-8,10-15,18-20H,9,16-17H2,1-4H3,(H,32,33). The highest BCUT2D eigenvalue weighted by atomic mass is 32.1. The zero-order valence-corrected chi connectivity index (χ0v) is 22.1. The second-order valence-electron chi connectivity index (χ2n) is 9.42. The first-order valence-corrected chi connectivity index (χ1v) is 13.3. The number of thiazole rings is 1. The van der Waals surface area contributed by atoms with E-state index in [4.69, 9.17) is 4.74 Å². The Morgan fingerprint density at radius 2 is 1.86 bits per heavy atom. The highest BCUT2D eigenvalue weighted by Gasteiger charge is 2.13. The van der Waals surface area contributed by atoms with E-state index in [1.54, 1.807) is 11.3 Å². The zero-order chi connectivity index (χ0) is 25.1. The molecule has 6 heteroatoms. The van der Waals surface area contributed by atoms with E-state index in [0.717, 1.165) is 39.6 Å². The van der Waals surface area contributed by atoms with Crippen LogP contribution in [0.1, 0.15) is 48.6 Å². The number of ether oxygens (including phenoxy) is 1. The molecule has 5 rings (SSSR count). The van der Waals surface area contributed by atoms with Crippen LogP contribution < -0.4 is 10.2 Å². The van der Waals surface area contributed by atoms with E-state index in [9.17, 15) is 0 Å². The Labute approximate surface area is 216 Å². The van der Waals surface area contributed by atoms with Crippen molar-refractivity contribution >= 4 is 43.8 Å². The minimum Gasteiger partial charge on any atom is -0.493 e. The molecule has 2 aromatic heterocycles. The normalized spacial score (nSPS) is 11.8. The van der Waals surface area contributed by atoms with Crippen LogP contribution >= 0.6 is 11.3 Å². The predicted octanol–water partition coefficient (Wildman–Crippen LogP) is 7.91. The van der Waals surface area contributed by atoms with Crippen molar-refractivity contribution in [1.82, 2.24) is 9.55 Å². The first kappa shape index (κ1) is 24.1. The van der Waals surface area contributed by atoms with Gasteiger partial charge >= 0.3 is 0 Å². The molecule has 0 bridgehead atoms. The van der Waals surface area contributed by atoms with E-state index >= 15 is 0 Å². The number of para-hydroxylation sites is 2. The molecule has 0 aliphatic heterocycles. The van der Waals surface area contributed by atoms with Gasteiger partial charge in [-0.05, 0) is 61.6 Å². The van der Waals surface area contributed by atoms with Gasteiger partial charge in [-0.3, -0.25) is 5.43 Å². The minimum absolute atomic E-state index is 0.439. The minimum atomic E-state index is 0.439. The molecule has 3 aromatic carbocycles. The van der Waals surface area contributed by atoms with Crippen molar-refractivity contribution in [2.45, 2.75) is 46.6 Å². The summed E-state index contributed by atoms with van der Waals surface area (Å²) < 4.78 is 9.76. The van der Waals surface area contributed by atoms with Gasteiger partial charge in [0.15, 0.2) is 0 Å². The molecule has 2 heterocycles. The smallest absolute Gasteiger partial charge is 0.204 e. The summed E-state index contributed by atoms with van der Waals surface area (Å²) >= 11 is 1.61. The largest absolute Gasteiger partial charge is 0.493 e. The lowest BCUT2D eigenvalue weighted by molar-refractivity contribution is 0.298. The summed E-state index contributed by atoms with van der Waals surface area (Å²) in [4.78, 5) is 4.61. The lowest BCUT2D eigenvalue weighted by atomic mass is 10.0. The van der Waals surface area contributed by atoms with Gasteiger partial charge in [-0.2, -0.15) is 5.10 Å². The molecule has 0 amide bonds. The maximum atomic E-state index is 6.24. The first-order valence-electron chi connectivity index (χ1n) is 12.5. The molecule has 0 saturated carbocycles. The fourth-order valence-corrected chi connectivity index (χ4v) is 5.44. The molecule has 0 aliphatic carbocycles. The second kappa shape index (κ2) is 10.5. The molecule has 0 atom stereocenters. The third-order valence-electron chi connectivity index (χ3n) is 6.50. The third-order valence-corrected chi connectivity index (χ3v) is 7.44. The van der Waals surface area contributed by atoms with Gasteiger partial charge in [-0.25, -0.2) is 4.98 Å². The van der Waals surface area contributed by atoms with Crippen LogP contribution in [0.3, 0.4) is 0 Å². The van der Waals surface area contributed by atoms with E-state index in [-0.39, 0.29) is 0 Å². The SMILES string of the molecule is Cc1ccc(C(C)C)c(OCCCn2c(C)c(C=NNc3nc4ccccc4s3)c3ccccc32)c1. The number of hydrogen-bond donors (Lipinski definition) is 1. The van der Waals surface area contributed by atoms with Gasteiger partial charge in [0.25, 0.3) is 0 Å². The molecule has 0 saturated heterocycles. The Hall–Kier alpha value is -3.64. The summed E-state index contributed by atoms with van der Waals surface area (Å²) in [5.41, 5.74) is 10.1. The fraction of sp³-hybridized carbons (Fsp3) is 0.267. The van der Waals surface area contributed by atoms with Crippen LogP contribution in [-0.2, 0) is 6.54 Å². The summed E-state index contributed by atoms with van der Waals surface area (Å²) in [7, 11) is 0. The fourth-order valence-electron chi connectivity index (χ4n) is 4.63. The van der Waals surface area contributed by atoms with Gasteiger partial charge in [-0.15, -0.1) is 0 Å². The number of nitrogens with one attached hydrogen (secondary N) is 1. The molecular weight excluding hydrogens is 464 g/mol. The number of hydrogen-bond acceptors (Lipinski definition) is 5. The van der Waals surface area contributed by atoms with Gasteiger partial charge in [-0.1, -0.05) is 67.6 Å². The molecule has 184 valence electrons. The Bertz CT molecular complexity index is 1500. The van der Waals surface area contributed by atoms with Crippen LogP contribution in [0.4, 0.5) is 5.13 Å². The number of aromatic nitrogens is 2. The number of benzene rings is 3. The van der Waals surface area contributed by atoms with E-state index in [2.05, 4.69) is 96.3 Å². The lowest BCUT2D eigenvalue weighted by Crippen LogP contribution is -2.07. The van der Waals surface area contributed by atoms with Gasteiger partial charge in [0.1, 0.15) is 5.75 Å². The van der Waals surface area contributed by atoms with Crippen LogP contribution in [0.15, 0.2) is 71.8 Å². The summed E-state index contributed by atoms with van der Waals surface area (Å²) in [6.45, 7) is 10.3. The molecule has 0 spiro atoms. The van der Waals surface area contributed by atoms with Crippen molar-refractivity contribution in [3.05, 3.63) is 89.1 Å². The lowest BCUT2D eigenvalue weighted by Gasteiger charge is -2.15. The van der Waals surface area contributed by atoms with E-state index < -0.39 is 0 Å². The number of rotatable bonds is 9. The number of fused-ring (bicyclic) bond motifs is 2. The zero-order valence-electron chi connectivity index (χ0n) is 21.3. The van der Waals surface area contributed by atoms with Crippen molar-refractivity contribution in [3.63, 3.8) is 0 Å². The summed E-state index contributed by atoms with van der Waals surface area (Å²) in [6, 6.07) is 23.1. The van der Waals surface area contributed by atoms with Gasteiger partial charge in [0.2, 0.25) is 5.13 Å². The van der Waals surface area contributed by atoms with Gasteiger partial charge in [0.05, 0.1) is 23.0 Å². The Kier molecular flexibility index (Phi) is 7.05. The molecular formula is C30H32N4OS. The van der Waals surface area contributed by atoms with Crippen LogP contribution in [0.2, 0.25) is 0 Å². The Morgan fingerprint density at radius 1 is 1.06 bits per heavy atom. The molecule has 0 radical (unpaired) electrons. The third kappa shape index (κ3) is 5.00. The molecule has 5 aromatic rings. The number of aryl methyl sites for hydroxylation is 2. The van der Waals surface area contributed by atoms with Crippen molar-refractivity contribution < 1.29 is 4.74 Å². The summed E-state index contributed by atoms with van der Waals surface area (Å²) in [5, 5.41) is 6.53. The van der Waals surface area contributed by atoms with Crippen LogP contribution in [0.5, 0.6) is 5.75 Å². The number of anilines is 1. The summed E-state index contributed by atoms with van der Waals surface area (Å²) in [5.74, 6) is 1.45. The second-order valence-corrected chi connectivity index (χ2v) is 10.5. The van der Waals surface area contributed by atoms with Crippen molar-refractivity contribution in [3.8, 4) is 5.75 Å². The highest BCUT2D eigenvalue weighted by molar-refractivity contribution is 7.22. The van der Waals surface area contributed by atoms with Crippen molar-refractivity contribution in [2.24, 2.45) is 5.10 Å². The van der Waals surface area contributed by atoms with Crippen molar-refractivity contribution in [1.29, 1.82) is 0 Å². The quantitative estimate of drug-likeness (QED) is 0.128. The van der Waals surface area contributed by atoms with E-state index in [1.807, 2.05) is 24.4 Å². The maximum absolute atomic E-state index is 6.24. The van der Waals surface area contributed by atoms with Gasteiger partial charge in [0, 0.05) is 28.7 Å². The predicted molar refractivity (Wildman–Crippen MR) is 153 cm³/mol. The number of hydrazone groups is 1. The average Bonchev–Trinajstić information content (AvgIpc) is 3.40. The van der Waals surface area contributed by atoms with E-state index in [0.29, 0.717) is 12.5 Å². The molecule has 5 nitrogen and oxygen atoms in total. The van der Waals surface area contributed by atoms with Crippen molar-refractivity contribution in [2.75, 3.05) is 12.0 Å². The molecule has 0 fully saturated rings. The molecule has 36 heavy (non-hydrogen) atoms. The van der Waals surface area contributed by atoms with Crippen LogP contribution in [0.25, 0.3) is 21.1 Å². The average molecular weight is 497 g/mol. The number of nitrogens with zero attached hydrogens (tertiary/aromatic N) is 3. The van der Waals surface area contributed by atoms with E-state index in [1.165, 1.54) is 27.7 Å². The molecule has 1 N–H and O–H groups in total. The molecule has 0 aliphatic rings. The topological polar surface area (TPSA) is 51.4 Å². The Morgan fingerprint density at radius 3 is 2.69 bits per heavy atom. The monoisotopic (exact) mass is 496 g/mol.